The van der Waals surface area contributed by atoms with Crippen molar-refractivity contribution >= 4 is 11.9 Å². The number of unbranched alkanes of at least 4 members (excludes halogenated alkanes) is 4. The molecule has 0 heterocycles. The molecule has 1 N–H and O–H groups in total. The summed E-state index contributed by atoms with van der Waals surface area (Å²) in [6.07, 6.45) is 54.7. The van der Waals surface area contributed by atoms with Gasteiger partial charge in [-0.15, -0.1) is 0 Å². The van der Waals surface area contributed by atoms with Crippen molar-refractivity contribution in [3.05, 3.63) is 146 Å². The number of rotatable bonds is 26. The molecular formula is C41H56O5. The monoisotopic (exact) mass is 628 g/mol. The van der Waals surface area contributed by atoms with Crippen molar-refractivity contribution in [3.63, 3.8) is 0 Å². The maximum Gasteiger partial charge on any atom is 0.306 e. The average Bonchev–Trinajstić information content (AvgIpc) is 3.06. The molecule has 0 fully saturated rings. The van der Waals surface area contributed by atoms with Gasteiger partial charge in [-0.3, -0.25) is 9.59 Å². The molecule has 0 aromatic rings. The van der Waals surface area contributed by atoms with Crippen molar-refractivity contribution in [2.75, 3.05) is 13.2 Å². The van der Waals surface area contributed by atoms with Gasteiger partial charge >= 0.3 is 11.9 Å². The number of carbonyl (C=O) groups excluding carboxylic acids is 2. The van der Waals surface area contributed by atoms with Crippen molar-refractivity contribution in [1.82, 2.24) is 0 Å². The molecule has 0 spiro atoms. The number of hydrogen-bond donors (Lipinski definition) is 1. The van der Waals surface area contributed by atoms with Crippen LogP contribution in [0.2, 0.25) is 0 Å². The van der Waals surface area contributed by atoms with E-state index in [0.717, 1.165) is 38.5 Å². The predicted octanol–water partition coefficient (Wildman–Crippen LogP) is 10.0. The van der Waals surface area contributed by atoms with Gasteiger partial charge in [-0.25, -0.2) is 0 Å². The van der Waals surface area contributed by atoms with Crippen LogP contribution < -0.4 is 0 Å². The number of carbonyl (C=O) groups is 2. The molecule has 0 aromatic heterocycles. The molecule has 0 aliphatic heterocycles. The fourth-order valence-electron chi connectivity index (χ4n) is 3.50. The lowest BCUT2D eigenvalue weighted by Crippen LogP contribution is -2.28. The molecule has 0 amide bonds. The quantitative estimate of drug-likeness (QED) is 0.0586. The lowest BCUT2D eigenvalue weighted by molar-refractivity contribution is -0.161. The first kappa shape index (κ1) is 41.8. The summed E-state index contributed by atoms with van der Waals surface area (Å²) in [5, 5.41) is 9.50. The van der Waals surface area contributed by atoms with Gasteiger partial charge in [0, 0.05) is 12.8 Å². The van der Waals surface area contributed by atoms with Gasteiger partial charge in [0.25, 0.3) is 0 Å². The Bertz CT molecular complexity index is 1120. The summed E-state index contributed by atoms with van der Waals surface area (Å²) < 4.78 is 10.5. The molecule has 46 heavy (non-hydrogen) atoms. The summed E-state index contributed by atoms with van der Waals surface area (Å²) in [6, 6.07) is 0. The highest BCUT2D eigenvalue weighted by molar-refractivity contribution is 5.70. The van der Waals surface area contributed by atoms with Crippen LogP contribution in [0, 0.1) is 0 Å². The summed E-state index contributed by atoms with van der Waals surface area (Å²) in [6.45, 7) is 3.69. The molecule has 5 nitrogen and oxygen atoms in total. The smallest absolute Gasteiger partial charge is 0.306 e. The second-order valence-electron chi connectivity index (χ2n) is 10.1. The van der Waals surface area contributed by atoms with Gasteiger partial charge in [0.15, 0.2) is 6.10 Å². The van der Waals surface area contributed by atoms with E-state index < -0.39 is 6.10 Å². The Kier molecular flexibility index (Phi) is 32.0. The Morgan fingerprint density at radius 2 is 0.891 bits per heavy atom. The highest BCUT2D eigenvalue weighted by atomic mass is 16.6. The fraction of sp³-hybridized carbons (Fsp3) is 0.366. The van der Waals surface area contributed by atoms with Crippen LogP contribution in [-0.4, -0.2) is 36.4 Å². The zero-order valence-corrected chi connectivity index (χ0v) is 28.0. The van der Waals surface area contributed by atoms with E-state index >= 15 is 0 Å². The normalized spacial score (nSPS) is 14.1. The molecule has 0 bridgehead atoms. The molecule has 1 unspecified atom stereocenters. The Balaban J connectivity index is 3.92. The first-order valence-electron chi connectivity index (χ1n) is 16.6. The van der Waals surface area contributed by atoms with Crippen molar-refractivity contribution in [2.45, 2.75) is 84.2 Å². The average molecular weight is 629 g/mol. The molecular weight excluding hydrogens is 572 g/mol. The third-order valence-corrected chi connectivity index (χ3v) is 5.95. The van der Waals surface area contributed by atoms with E-state index in [0.29, 0.717) is 12.8 Å². The Morgan fingerprint density at radius 1 is 0.500 bits per heavy atom. The third-order valence-electron chi connectivity index (χ3n) is 5.95. The number of hydrogen-bond acceptors (Lipinski definition) is 5. The Hall–Kier alpha value is -4.22. The lowest BCUT2D eigenvalue weighted by Gasteiger charge is -2.15. The molecule has 0 saturated carbocycles. The van der Waals surface area contributed by atoms with Gasteiger partial charge in [-0.05, 0) is 44.9 Å². The lowest BCUT2D eigenvalue weighted by atomic mass is 10.1. The maximum absolute atomic E-state index is 12.1. The minimum absolute atomic E-state index is 0.135. The highest BCUT2D eigenvalue weighted by Gasteiger charge is 2.15. The second kappa shape index (κ2) is 35.3. The summed E-state index contributed by atoms with van der Waals surface area (Å²) >= 11 is 0. The van der Waals surface area contributed by atoms with Crippen LogP contribution >= 0.6 is 0 Å². The highest BCUT2D eigenvalue weighted by Crippen LogP contribution is 2.07. The van der Waals surface area contributed by atoms with E-state index in [4.69, 9.17) is 9.47 Å². The first-order chi connectivity index (χ1) is 22.6. The van der Waals surface area contributed by atoms with Crippen LogP contribution in [0.15, 0.2) is 146 Å². The molecule has 250 valence electrons. The predicted molar refractivity (Wildman–Crippen MR) is 195 cm³/mol. The van der Waals surface area contributed by atoms with Crippen molar-refractivity contribution in [3.8, 4) is 0 Å². The zero-order valence-electron chi connectivity index (χ0n) is 28.0. The first-order valence-corrected chi connectivity index (χ1v) is 16.6. The number of allylic oxidation sites excluding steroid dienone is 24. The molecule has 0 saturated heterocycles. The minimum Gasteiger partial charge on any atom is -0.462 e. The molecule has 1 atom stereocenters. The van der Waals surface area contributed by atoms with Gasteiger partial charge in [0.2, 0.25) is 0 Å². The van der Waals surface area contributed by atoms with Crippen molar-refractivity contribution < 1.29 is 24.2 Å². The number of aliphatic hydroxyl groups excluding tert-OH is 1. The largest absolute Gasteiger partial charge is 0.462 e. The van der Waals surface area contributed by atoms with Crippen LogP contribution in [0.25, 0.3) is 0 Å². The standard InChI is InChI=1S/C41H56O5/c1-3-5-7-9-11-13-15-17-18-19-20-21-22-24-26-28-30-32-34-36-41(44)46-39(37-42)38-45-40(43)35-33-31-29-27-25-23-16-14-12-10-8-6-4-2/h5-27,29,39,42H,3-4,28,30-38H2,1-2H3/b7-5+,8-6+,11-9+,12-10+,15-13+,16-14+,18-17+,20-19+,22-21+,25-23+,26-24+,29-27+. The zero-order chi connectivity index (χ0) is 33.6. The van der Waals surface area contributed by atoms with Crippen LogP contribution in [0.3, 0.4) is 0 Å². The van der Waals surface area contributed by atoms with E-state index in [1.54, 1.807) is 0 Å². The number of aliphatic hydroxyl groups is 1. The van der Waals surface area contributed by atoms with Gasteiger partial charge < -0.3 is 14.6 Å². The number of esters is 2. The molecule has 0 aliphatic rings. The maximum atomic E-state index is 12.1. The second-order valence-corrected chi connectivity index (χ2v) is 10.1. The summed E-state index contributed by atoms with van der Waals surface area (Å²) in [5.41, 5.74) is 0. The molecule has 0 aromatic carbocycles. The van der Waals surface area contributed by atoms with E-state index in [2.05, 4.69) is 32.1 Å². The van der Waals surface area contributed by atoms with Crippen molar-refractivity contribution in [2.24, 2.45) is 0 Å². The van der Waals surface area contributed by atoms with E-state index in [1.807, 2.05) is 128 Å². The topological polar surface area (TPSA) is 72.8 Å². The molecule has 0 aliphatic carbocycles. The van der Waals surface area contributed by atoms with Gasteiger partial charge in [0.1, 0.15) is 6.61 Å². The Morgan fingerprint density at radius 3 is 1.33 bits per heavy atom. The van der Waals surface area contributed by atoms with Crippen LogP contribution in [0.4, 0.5) is 0 Å². The Labute approximate surface area is 278 Å². The van der Waals surface area contributed by atoms with Gasteiger partial charge in [-0.2, -0.15) is 0 Å². The molecule has 0 rings (SSSR count). The molecule has 0 radical (unpaired) electrons. The van der Waals surface area contributed by atoms with Crippen molar-refractivity contribution in [1.29, 1.82) is 0 Å². The van der Waals surface area contributed by atoms with Gasteiger partial charge in [-0.1, -0.05) is 166 Å². The van der Waals surface area contributed by atoms with Gasteiger partial charge in [0.05, 0.1) is 6.61 Å². The summed E-state index contributed by atoms with van der Waals surface area (Å²) in [5.74, 6) is -0.754. The number of ether oxygens (including phenoxy) is 2. The van der Waals surface area contributed by atoms with Crippen LogP contribution in [0.5, 0.6) is 0 Å². The van der Waals surface area contributed by atoms with Crippen LogP contribution in [0.1, 0.15) is 78.1 Å². The third kappa shape index (κ3) is 32.7. The van der Waals surface area contributed by atoms with Crippen LogP contribution in [-0.2, 0) is 19.1 Å². The molecule has 5 heteroatoms. The SMILES string of the molecule is CC/C=C/C=C/C=C/C=C/C=C/C=C/C=C/CCCCCC(=O)OC(CO)COC(=O)CCC/C=C/C=C/C=C/C=C/C=C/CC. The van der Waals surface area contributed by atoms with E-state index in [1.165, 1.54) is 0 Å². The minimum atomic E-state index is -0.835. The van der Waals surface area contributed by atoms with E-state index in [-0.39, 0.29) is 38.0 Å². The van der Waals surface area contributed by atoms with E-state index in [9.17, 15) is 14.7 Å². The summed E-state index contributed by atoms with van der Waals surface area (Å²) in [4.78, 5) is 24.1. The fourth-order valence-corrected chi connectivity index (χ4v) is 3.50. The summed E-state index contributed by atoms with van der Waals surface area (Å²) in [7, 11) is 0.